The largest absolute Gasteiger partial charge is 0.497 e. The summed E-state index contributed by atoms with van der Waals surface area (Å²) < 4.78 is 9.95. The molecule has 0 spiro atoms. The Bertz CT molecular complexity index is 621. The number of aliphatic imine (C=N–C) groups is 1. The molecule has 22 heavy (non-hydrogen) atoms. The van der Waals surface area contributed by atoms with Gasteiger partial charge in [-0.25, -0.2) is 4.79 Å². The molecule has 0 saturated heterocycles. The smallest absolute Gasteiger partial charge is 0.330 e. The second kappa shape index (κ2) is 7.98. The summed E-state index contributed by atoms with van der Waals surface area (Å²) >= 11 is 0. The number of hydrogen-bond acceptors (Lipinski definition) is 4. The van der Waals surface area contributed by atoms with E-state index in [4.69, 9.17) is 9.47 Å². The fourth-order valence-corrected chi connectivity index (χ4v) is 2.04. The highest BCUT2D eigenvalue weighted by Crippen LogP contribution is 2.11. The van der Waals surface area contributed by atoms with Crippen LogP contribution >= 0.6 is 0 Å². The molecule has 2 aromatic rings. The Morgan fingerprint density at radius 2 is 1.77 bits per heavy atom. The number of carbonyl (C=O) groups excluding carboxylic acids is 1. The molecular weight excluding hydrogens is 278 g/mol. The molecule has 0 aromatic heterocycles. The minimum atomic E-state index is -0.547. The highest BCUT2D eigenvalue weighted by Gasteiger charge is 2.17. The first kappa shape index (κ1) is 15.8. The standard InChI is InChI=1S/C18H19NO3/c1-21-16-10-8-15(9-11-16)13-19-17(18(20)22-2)12-14-6-4-3-5-7-14/h3-11,13,17H,12H2,1-2H3/t17-/m0/s1. The van der Waals surface area contributed by atoms with Gasteiger partial charge in [-0.1, -0.05) is 30.3 Å². The van der Waals surface area contributed by atoms with Gasteiger partial charge in [0.2, 0.25) is 0 Å². The third-order valence-corrected chi connectivity index (χ3v) is 3.26. The van der Waals surface area contributed by atoms with Crippen LogP contribution in [0.3, 0.4) is 0 Å². The van der Waals surface area contributed by atoms with E-state index in [1.54, 1.807) is 13.3 Å². The predicted molar refractivity (Wildman–Crippen MR) is 86.5 cm³/mol. The van der Waals surface area contributed by atoms with E-state index in [0.29, 0.717) is 6.42 Å². The van der Waals surface area contributed by atoms with Crippen molar-refractivity contribution in [3.63, 3.8) is 0 Å². The number of esters is 1. The lowest BCUT2D eigenvalue weighted by atomic mass is 10.1. The molecule has 0 aliphatic carbocycles. The van der Waals surface area contributed by atoms with Crippen LogP contribution in [0.25, 0.3) is 0 Å². The molecule has 0 amide bonds. The highest BCUT2D eigenvalue weighted by molar-refractivity contribution is 5.84. The minimum Gasteiger partial charge on any atom is -0.497 e. The predicted octanol–water partition coefficient (Wildman–Crippen LogP) is 2.90. The number of carbonyl (C=O) groups is 1. The summed E-state index contributed by atoms with van der Waals surface area (Å²) in [6, 6.07) is 16.7. The number of benzene rings is 2. The van der Waals surface area contributed by atoms with Gasteiger partial charge in [0.05, 0.1) is 14.2 Å². The van der Waals surface area contributed by atoms with E-state index in [1.165, 1.54) is 7.11 Å². The van der Waals surface area contributed by atoms with Gasteiger partial charge in [0, 0.05) is 12.6 Å². The average Bonchev–Trinajstić information content (AvgIpc) is 2.59. The zero-order valence-corrected chi connectivity index (χ0v) is 12.7. The van der Waals surface area contributed by atoms with Crippen LogP contribution in [0.15, 0.2) is 59.6 Å². The molecule has 0 bridgehead atoms. The summed E-state index contributed by atoms with van der Waals surface area (Å²) in [5, 5.41) is 0. The van der Waals surface area contributed by atoms with Crippen LogP contribution < -0.4 is 4.74 Å². The number of ether oxygens (including phenoxy) is 2. The van der Waals surface area contributed by atoms with Gasteiger partial charge in [0.25, 0.3) is 0 Å². The fourth-order valence-electron chi connectivity index (χ4n) is 2.04. The van der Waals surface area contributed by atoms with Crippen molar-refractivity contribution < 1.29 is 14.3 Å². The number of rotatable bonds is 6. The number of nitrogens with zero attached hydrogens (tertiary/aromatic N) is 1. The van der Waals surface area contributed by atoms with E-state index < -0.39 is 6.04 Å². The summed E-state index contributed by atoms with van der Waals surface area (Å²) in [5.41, 5.74) is 1.95. The maximum Gasteiger partial charge on any atom is 0.330 e. The van der Waals surface area contributed by atoms with E-state index in [0.717, 1.165) is 16.9 Å². The fraction of sp³-hybridized carbons (Fsp3) is 0.222. The van der Waals surface area contributed by atoms with Crippen LogP contribution in [0.2, 0.25) is 0 Å². The maximum atomic E-state index is 11.9. The van der Waals surface area contributed by atoms with Gasteiger partial charge in [-0.15, -0.1) is 0 Å². The molecule has 2 rings (SSSR count). The van der Waals surface area contributed by atoms with Gasteiger partial charge in [-0.05, 0) is 35.4 Å². The first-order valence-electron chi connectivity index (χ1n) is 7.02. The summed E-state index contributed by atoms with van der Waals surface area (Å²) in [4.78, 5) is 16.3. The maximum absolute atomic E-state index is 11.9. The van der Waals surface area contributed by atoms with Gasteiger partial charge in [0.1, 0.15) is 5.75 Å². The van der Waals surface area contributed by atoms with E-state index >= 15 is 0 Å². The molecular formula is C18H19NO3. The van der Waals surface area contributed by atoms with Crippen molar-refractivity contribution >= 4 is 12.2 Å². The number of hydrogen-bond donors (Lipinski definition) is 0. The summed E-state index contributed by atoms with van der Waals surface area (Å²) in [5.74, 6) is 0.444. The van der Waals surface area contributed by atoms with Gasteiger partial charge in [-0.2, -0.15) is 0 Å². The molecule has 0 radical (unpaired) electrons. The Kier molecular flexibility index (Phi) is 5.72. The molecule has 0 aliphatic rings. The van der Waals surface area contributed by atoms with E-state index in [2.05, 4.69) is 4.99 Å². The lowest BCUT2D eigenvalue weighted by molar-refractivity contribution is -0.142. The molecule has 1 atom stereocenters. The zero-order chi connectivity index (χ0) is 15.8. The Morgan fingerprint density at radius 3 is 2.36 bits per heavy atom. The SMILES string of the molecule is COC(=O)[C@H](Cc1ccccc1)N=Cc1ccc(OC)cc1. The molecule has 4 heteroatoms. The molecule has 0 heterocycles. The Hall–Kier alpha value is -2.62. The van der Waals surface area contributed by atoms with Gasteiger partial charge >= 0.3 is 5.97 Å². The van der Waals surface area contributed by atoms with Crippen molar-refractivity contribution in [2.75, 3.05) is 14.2 Å². The van der Waals surface area contributed by atoms with E-state index in [1.807, 2.05) is 54.6 Å². The molecule has 0 aliphatic heterocycles. The quantitative estimate of drug-likeness (QED) is 0.608. The van der Waals surface area contributed by atoms with Crippen molar-refractivity contribution in [3.8, 4) is 5.75 Å². The van der Waals surface area contributed by atoms with Crippen molar-refractivity contribution in [2.45, 2.75) is 12.5 Å². The van der Waals surface area contributed by atoms with Gasteiger partial charge in [0.15, 0.2) is 6.04 Å². The first-order chi connectivity index (χ1) is 10.7. The average molecular weight is 297 g/mol. The molecule has 114 valence electrons. The van der Waals surface area contributed by atoms with Crippen LogP contribution in [0.5, 0.6) is 5.75 Å². The second-order valence-corrected chi connectivity index (χ2v) is 4.78. The van der Waals surface area contributed by atoms with Crippen molar-refractivity contribution in [1.29, 1.82) is 0 Å². The monoisotopic (exact) mass is 297 g/mol. The normalized spacial score (nSPS) is 12.1. The van der Waals surface area contributed by atoms with Crippen LogP contribution in [-0.4, -0.2) is 32.4 Å². The van der Waals surface area contributed by atoms with Crippen molar-refractivity contribution in [1.82, 2.24) is 0 Å². The first-order valence-corrected chi connectivity index (χ1v) is 7.02. The molecule has 0 unspecified atom stereocenters. The summed E-state index contributed by atoms with van der Waals surface area (Å²) in [7, 11) is 3.00. The van der Waals surface area contributed by atoms with Crippen LogP contribution in [0.4, 0.5) is 0 Å². The van der Waals surface area contributed by atoms with Crippen LogP contribution in [-0.2, 0) is 16.0 Å². The van der Waals surface area contributed by atoms with Crippen molar-refractivity contribution in [3.05, 3.63) is 65.7 Å². The van der Waals surface area contributed by atoms with E-state index in [-0.39, 0.29) is 5.97 Å². The molecule has 0 N–H and O–H groups in total. The Labute approximate surface area is 130 Å². The lowest BCUT2D eigenvalue weighted by Crippen LogP contribution is -2.23. The van der Waals surface area contributed by atoms with Gasteiger partial charge in [-0.3, -0.25) is 4.99 Å². The highest BCUT2D eigenvalue weighted by atomic mass is 16.5. The third-order valence-electron chi connectivity index (χ3n) is 3.26. The Morgan fingerprint density at radius 1 is 1.09 bits per heavy atom. The van der Waals surface area contributed by atoms with Gasteiger partial charge < -0.3 is 9.47 Å². The molecule has 0 fully saturated rings. The number of methoxy groups -OCH3 is 2. The molecule has 4 nitrogen and oxygen atoms in total. The van der Waals surface area contributed by atoms with Crippen LogP contribution in [0.1, 0.15) is 11.1 Å². The van der Waals surface area contributed by atoms with Crippen molar-refractivity contribution in [2.24, 2.45) is 4.99 Å². The van der Waals surface area contributed by atoms with Crippen LogP contribution in [0, 0.1) is 0 Å². The topological polar surface area (TPSA) is 47.9 Å². The molecule has 0 saturated carbocycles. The molecule has 2 aromatic carbocycles. The Balaban J connectivity index is 2.11. The van der Waals surface area contributed by atoms with E-state index in [9.17, 15) is 4.79 Å². The second-order valence-electron chi connectivity index (χ2n) is 4.78. The zero-order valence-electron chi connectivity index (χ0n) is 12.7. The summed E-state index contributed by atoms with van der Waals surface area (Å²) in [6.45, 7) is 0. The summed E-state index contributed by atoms with van der Waals surface area (Å²) in [6.07, 6.45) is 2.20. The lowest BCUT2D eigenvalue weighted by Gasteiger charge is -2.10. The third kappa shape index (κ3) is 4.45. The minimum absolute atomic E-state index is 0.339.